The van der Waals surface area contributed by atoms with Gasteiger partial charge in [-0.1, -0.05) is 27.5 Å². The molecule has 0 spiro atoms. The van der Waals surface area contributed by atoms with E-state index in [1.165, 1.54) is 22.9 Å². The van der Waals surface area contributed by atoms with Gasteiger partial charge in [0.1, 0.15) is 5.82 Å². The van der Waals surface area contributed by atoms with Gasteiger partial charge in [0.05, 0.1) is 10.7 Å². The van der Waals surface area contributed by atoms with Crippen molar-refractivity contribution in [1.82, 2.24) is 20.2 Å². The average molecular weight is 369 g/mol. The molecule has 0 fully saturated rings. The fourth-order valence-electron chi connectivity index (χ4n) is 1.90. The number of rotatable bonds is 2. The van der Waals surface area contributed by atoms with Gasteiger partial charge in [0.15, 0.2) is 5.82 Å². The molecule has 0 aliphatic heterocycles. The van der Waals surface area contributed by atoms with Crippen LogP contribution < -0.4 is 5.73 Å². The van der Waals surface area contributed by atoms with E-state index >= 15 is 0 Å². The molecule has 0 amide bonds. The van der Waals surface area contributed by atoms with Crippen molar-refractivity contribution in [3.05, 3.63) is 51.7 Å². The predicted octanol–water partition coefficient (Wildman–Crippen LogP) is 3.47. The Labute approximate surface area is 132 Å². The largest absolute Gasteiger partial charge is 0.398 e. The Morgan fingerprint density at radius 3 is 2.76 bits per heavy atom. The number of nitrogens with zero attached hydrogens (tertiary/aromatic N) is 4. The molecule has 0 saturated carbocycles. The van der Waals surface area contributed by atoms with E-state index in [0.717, 1.165) is 4.47 Å². The zero-order valence-corrected chi connectivity index (χ0v) is 12.8. The third-order valence-corrected chi connectivity index (χ3v) is 3.67. The molecule has 0 radical (unpaired) electrons. The number of hydrogen-bond donors (Lipinski definition) is 1. The molecular formula is C13H8BrClFN5. The van der Waals surface area contributed by atoms with Crippen molar-refractivity contribution in [1.29, 1.82) is 0 Å². The molecule has 0 unspecified atom stereocenters. The SMILES string of the molecule is Nc1cc(F)ccc1-c1nnnn1-c1cc(Br)ccc1Cl. The van der Waals surface area contributed by atoms with Gasteiger partial charge in [-0.25, -0.2) is 4.39 Å². The van der Waals surface area contributed by atoms with Gasteiger partial charge in [-0.05, 0) is 46.8 Å². The zero-order chi connectivity index (χ0) is 15.0. The second kappa shape index (κ2) is 5.42. The van der Waals surface area contributed by atoms with Crippen LogP contribution in [0, 0.1) is 5.82 Å². The monoisotopic (exact) mass is 367 g/mol. The van der Waals surface area contributed by atoms with Crippen molar-refractivity contribution >= 4 is 33.2 Å². The van der Waals surface area contributed by atoms with Crippen LogP contribution in [0.1, 0.15) is 0 Å². The molecule has 1 heterocycles. The highest BCUT2D eigenvalue weighted by atomic mass is 79.9. The van der Waals surface area contributed by atoms with Crippen molar-refractivity contribution in [3.63, 3.8) is 0 Å². The molecule has 3 aromatic rings. The normalized spacial score (nSPS) is 10.8. The van der Waals surface area contributed by atoms with Crippen molar-refractivity contribution in [2.75, 3.05) is 5.73 Å². The topological polar surface area (TPSA) is 69.6 Å². The van der Waals surface area contributed by atoms with Gasteiger partial charge < -0.3 is 5.73 Å². The Kier molecular flexibility index (Phi) is 3.60. The molecule has 2 aromatic carbocycles. The van der Waals surface area contributed by atoms with E-state index in [1.54, 1.807) is 12.1 Å². The van der Waals surface area contributed by atoms with E-state index in [-0.39, 0.29) is 5.69 Å². The van der Waals surface area contributed by atoms with E-state index in [4.69, 9.17) is 17.3 Å². The Morgan fingerprint density at radius 2 is 2.00 bits per heavy atom. The molecule has 106 valence electrons. The van der Waals surface area contributed by atoms with Crippen LogP contribution in [0.5, 0.6) is 0 Å². The van der Waals surface area contributed by atoms with Crippen LogP contribution in [-0.2, 0) is 0 Å². The molecule has 1 aromatic heterocycles. The van der Waals surface area contributed by atoms with Gasteiger partial charge in [0.2, 0.25) is 0 Å². The lowest BCUT2D eigenvalue weighted by molar-refractivity contribution is 0.628. The number of halogens is 3. The van der Waals surface area contributed by atoms with Crippen LogP contribution in [0.15, 0.2) is 40.9 Å². The molecule has 0 aliphatic carbocycles. The van der Waals surface area contributed by atoms with Crippen molar-refractivity contribution in [2.45, 2.75) is 0 Å². The van der Waals surface area contributed by atoms with Crippen LogP contribution in [-0.4, -0.2) is 20.2 Å². The van der Waals surface area contributed by atoms with Crippen molar-refractivity contribution in [3.8, 4) is 17.1 Å². The van der Waals surface area contributed by atoms with E-state index in [1.807, 2.05) is 6.07 Å². The zero-order valence-electron chi connectivity index (χ0n) is 10.5. The molecule has 0 atom stereocenters. The smallest absolute Gasteiger partial charge is 0.189 e. The second-order valence-corrected chi connectivity index (χ2v) is 5.56. The number of nitrogen functional groups attached to an aromatic ring is 1. The molecule has 0 aliphatic rings. The quantitative estimate of drug-likeness (QED) is 0.703. The Balaban J connectivity index is 2.19. The summed E-state index contributed by atoms with van der Waals surface area (Å²) in [6, 6.07) is 9.35. The van der Waals surface area contributed by atoms with Crippen LogP contribution in [0.4, 0.5) is 10.1 Å². The maximum atomic E-state index is 13.2. The number of anilines is 1. The lowest BCUT2D eigenvalue weighted by Gasteiger charge is -2.09. The van der Waals surface area contributed by atoms with E-state index in [9.17, 15) is 4.39 Å². The molecule has 0 bridgehead atoms. The minimum absolute atomic E-state index is 0.247. The lowest BCUT2D eigenvalue weighted by atomic mass is 10.1. The molecular weight excluding hydrogens is 361 g/mol. The first-order valence-corrected chi connectivity index (χ1v) is 7.02. The van der Waals surface area contributed by atoms with Crippen LogP contribution in [0.3, 0.4) is 0 Å². The Morgan fingerprint density at radius 1 is 1.19 bits per heavy atom. The minimum atomic E-state index is -0.421. The summed E-state index contributed by atoms with van der Waals surface area (Å²) in [6.07, 6.45) is 0. The predicted molar refractivity (Wildman–Crippen MR) is 81.7 cm³/mol. The van der Waals surface area contributed by atoms with Gasteiger partial charge in [-0.15, -0.1) is 5.10 Å². The Bertz CT molecular complexity index is 820. The fourth-order valence-corrected chi connectivity index (χ4v) is 2.45. The molecule has 2 N–H and O–H groups in total. The van der Waals surface area contributed by atoms with Gasteiger partial charge >= 0.3 is 0 Å². The highest BCUT2D eigenvalue weighted by molar-refractivity contribution is 9.10. The summed E-state index contributed by atoms with van der Waals surface area (Å²) in [4.78, 5) is 0. The lowest BCUT2D eigenvalue weighted by Crippen LogP contribution is -2.02. The summed E-state index contributed by atoms with van der Waals surface area (Å²) < 4.78 is 15.4. The van der Waals surface area contributed by atoms with Gasteiger partial charge in [-0.3, -0.25) is 0 Å². The van der Waals surface area contributed by atoms with Gasteiger partial charge in [0, 0.05) is 15.7 Å². The second-order valence-electron chi connectivity index (χ2n) is 4.24. The molecule has 21 heavy (non-hydrogen) atoms. The van der Waals surface area contributed by atoms with Crippen LogP contribution >= 0.6 is 27.5 Å². The number of benzene rings is 2. The summed E-state index contributed by atoms with van der Waals surface area (Å²) >= 11 is 9.56. The van der Waals surface area contributed by atoms with Crippen molar-refractivity contribution in [2.24, 2.45) is 0 Å². The maximum Gasteiger partial charge on any atom is 0.189 e. The highest BCUT2D eigenvalue weighted by Crippen LogP contribution is 2.30. The standard InChI is InChI=1S/C13H8BrClFN5/c14-7-1-4-10(15)12(5-7)21-13(18-19-20-21)9-3-2-8(16)6-11(9)17/h1-6H,17H2. The minimum Gasteiger partial charge on any atom is -0.398 e. The molecule has 0 saturated heterocycles. The van der Waals surface area contributed by atoms with E-state index in [0.29, 0.717) is 22.1 Å². The number of aromatic nitrogens is 4. The summed E-state index contributed by atoms with van der Waals surface area (Å²) in [5.41, 5.74) is 7.20. The summed E-state index contributed by atoms with van der Waals surface area (Å²) in [5, 5.41) is 12.0. The number of nitrogens with two attached hydrogens (primary N) is 1. The van der Waals surface area contributed by atoms with Crippen molar-refractivity contribution < 1.29 is 4.39 Å². The third kappa shape index (κ3) is 2.62. The number of hydrogen-bond acceptors (Lipinski definition) is 4. The molecule has 5 nitrogen and oxygen atoms in total. The van der Waals surface area contributed by atoms with Gasteiger partial charge in [0.25, 0.3) is 0 Å². The number of tetrazole rings is 1. The average Bonchev–Trinajstić information content (AvgIpc) is 2.90. The van der Waals surface area contributed by atoms with Crippen LogP contribution in [0.25, 0.3) is 17.1 Å². The summed E-state index contributed by atoms with van der Waals surface area (Å²) in [7, 11) is 0. The first kappa shape index (κ1) is 14.0. The maximum absolute atomic E-state index is 13.2. The third-order valence-electron chi connectivity index (χ3n) is 2.86. The summed E-state index contributed by atoms with van der Waals surface area (Å²) in [6.45, 7) is 0. The van der Waals surface area contributed by atoms with Gasteiger partial charge in [-0.2, -0.15) is 4.68 Å². The molecule has 3 rings (SSSR count). The highest BCUT2D eigenvalue weighted by Gasteiger charge is 2.16. The summed E-state index contributed by atoms with van der Waals surface area (Å²) in [5.74, 6) is -0.0386. The fraction of sp³-hybridized carbons (Fsp3) is 0. The first-order chi connectivity index (χ1) is 10.1. The van der Waals surface area contributed by atoms with E-state index < -0.39 is 5.82 Å². The Hall–Kier alpha value is -1.99. The first-order valence-electron chi connectivity index (χ1n) is 5.85. The van der Waals surface area contributed by atoms with E-state index in [2.05, 4.69) is 31.5 Å². The van der Waals surface area contributed by atoms with Crippen LogP contribution in [0.2, 0.25) is 5.02 Å². The molecule has 8 heteroatoms.